The van der Waals surface area contributed by atoms with E-state index in [9.17, 15) is 0 Å². The van der Waals surface area contributed by atoms with Crippen molar-refractivity contribution in [3.8, 4) is 66.8 Å². The van der Waals surface area contributed by atoms with Gasteiger partial charge in [0.05, 0.1) is 22.4 Å². The summed E-state index contributed by atoms with van der Waals surface area (Å²) in [6.07, 6.45) is 0.120. The summed E-state index contributed by atoms with van der Waals surface area (Å²) in [7, 11) is -0.905. The summed E-state index contributed by atoms with van der Waals surface area (Å²) in [6, 6.07) is 85.1. The van der Waals surface area contributed by atoms with E-state index < -0.39 is 7.32 Å². The third-order valence-corrected chi connectivity index (χ3v) is 19.6. The lowest BCUT2D eigenvalue weighted by Gasteiger charge is -2.32. The summed E-state index contributed by atoms with van der Waals surface area (Å²) in [6.45, 7) is 20.4. The van der Waals surface area contributed by atoms with Gasteiger partial charge in [0, 0.05) is 46.5 Å². The first-order valence-corrected chi connectivity index (χ1v) is 30.8. The van der Waals surface area contributed by atoms with Gasteiger partial charge in [-0.25, -0.2) is 0 Å². The van der Waals surface area contributed by atoms with Crippen LogP contribution in [-0.2, 0) is 23.3 Å². The van der Waals surface area contributed by atoms with E-state index >= 15 is 0 Å². The maximum Gasteiger partial charge on any atom is 0.640 e. The zero-order chi connectivity index (χ0) is 58.4. The number of hydrogen-bond acceptors (Lipinski definition) is 7. The summed E-state index contributed by atoms with van der Waals surface area (Å²) >= 11 is 3.72. The van der Waals surface area contributed by atoms with Gasteiger partial charge in [0.25, 0.3) is 0 Å². The van der Waals surface area contributed by atoms with Crippen LogP contribution < -0.4 is 5.46 Å². The first-order chi connectivity index (χ1) is 40.4. The standard InChI is InChI=1S/C36H31BO2S.C30H20S.C9H19BO3/c1-35(2)36(3,4)39-37(38-35)32-18-10-17-31-30-16-9-15-29(33(30)40-34(31)32)28-14-8-13-27(23-28)26-21-19-25(20-22-26)24-11-6-5-7-12-24;1-2-8-21(9-3-1)22-16-18-23(19-17-22)24-10-6-11-25(20-24)26-13-7-14-28-27-12-4-5-15-29(27)31-30(26)28;1-7(2)11-10-12-8(3,4)9(5,6)13-10/h5-23H,1-4H3;1-20H;7H,1-6H3. The molecule has 0 atom stereocenters. The van der Waals surface area contributed by atoms with Crippen LogP contribution in [0.2, 0.25) is 0 Å². The van der Waals surface area contributed by atoms with E-state index in [4.69, 9.17) is 23.3 Å². The summed E-state index contributed by atoms with van der Waals surface area (Å²) in [5.41, 5.74) is 14.7. The molecule has 0 amide bonds. The van der Waals surface area contributed by atoms with Crippen molar-refractivity contribution in [1.82, 2.24) is 0 Å². The Morgan fingerprint density at radius 1 is 0.321 bits per heavy atom. The molecular formula is C75H70B2O5S2. The molecule has 0 bridgehead atoms. The lowest BCUT2D eigenvalue weighted by molar-refractivity contribution is 0.00578. The van der Waals surface area contributed by atoms with Gasteiger partial charge in [-0.05, 0) is 160 Å². The van der Waals surface area contributed by atoms with Gasteiger partial charge in [0.2, 0.25) is 0 Å². The van der Waals surface area contributed by atoms with Crippen molar-refractivity contribution in [3.05, 3.63) is 237 Å². The molecule has 0 N–H and O–H groups in total. The lowest BCUT2D eigenvalue weighted by atomic mass is 9.78. The lowest BCUT2D eigenvalue weighted by Crippen LogP contribution is -2.41. The molecule has 14 rings (SSSR count). The molecule has 4 heterocycles. The Labute approximate surface area is 504 Å². The molecule has 0 aliphatic carbocycles. The topological polar surface area (TPSA) is 46.2 Å². The monoisotopic (exact) mass is 1140 g/mol. The molecule has 84 heavy (non-hydrogen) atoms. The van der Waals surface area contributed by atoms with Crippen molar-refractivity contribution in [1.29, 1.82) is 0 Å². The summed E-state index contributed by atoms with van der Waals surface area (Å²) < 4.78 is 34.8. The van der Waals surface area contributed by atoms with Crippen LogP contribution in [-0.4, -0.2) is 42.9 Å². The van der Waals surface area contributed by atoms with Gasteiger partial charge in [-0.2, -0.15) is 0 Å². The molecule has 12 aromatic rings. The van der Waals surface area contributed by atoms with Crippen molar-refractivity contribution >= 4 is 82.9 Å². The fourth-order valence-electron chi connectivity index (χ4n) is 11.0. The average molecular weight is 1140 g/mol. The minimum absolute atomic E-state index is 0.120. The Morgan fingerprint density at radius 2 is 0.667 bits per heavy atom. The number of thiophene rings is 2. The number of fused-ring (bicyclic) bond motifs is 6. The maximum atomic E-state index is 6.45. The Morgan fingerprint density at radius 3 is 1.15 bits per heavy atom. The first kappa shape index (κ1) is 57.0. The maximum absolute atomic E-state index is 6.45. The second-order valence-electron chi connectivity index (χ2n) is 24.2. The van der Waals surface area contributed by atoms with Crippen molar-refractivity contribution in [2.45, 2.75) is 97.7 Å². The third kappa shape index (κ3) is 11.5. The molecular weight excluding hydrogens is 1070 g/mol. The Hall–Kier alpha value is -7.43. The molecule has 0 spiro atoms. The predicted molar refractivity (Wildman–Crippen MR) is 359 cm³/mol. The highest BCUT2D eigenvalue weighted by molar-refractivity contribution is 7.27. The minimum atomic E-state index is -0.523. The first-order valence-electron chi connectivity index (χ1n) is 29.2. The second kappa shape index (κ2) is 23.2. The van der Waals surface area contributed by atoms with E-state index in [1.165, 1.54) is 107 Å². The van der Waals surface area contributed by atoms with Crippen molar-refractivity contribution < 1.29 is 23.3 Å². The van der Waals surface area contributed by atoms with Gasteiger partial charge in [0.15, 0.2) is 0 Å². The van der Waals surface area contributed by atoms with E-state index in [0.717, 1.165) is 5.46 Å². The Bertz CT molecular complexity index is 4250. The van der Waals surface area contributed by atoms with Gasteiger partial charge < -0.3 is 23.3 Å². The number of hydrogen-bond donors (Lipinski definition) is 0. The van der Waals surface area contributed by atoms with Gasteiger partial charge in [0.1, 0.15) is 0 Å². The van der Waals surface area contributed by atoms with Crippen LogP contribution in [0, 0.1) is 0 Å². The average Bonchev–Trinajstić information content (AvgIpc) is 4.30. The number of benzene rings is 10. The smallest absolute Gasteiger partial charge is 0.399 e. The highest BCUT2D eigenvalue weighted by atomic mass is 32.1. The summed E-state index contributed by atoms with van der Waals surface area (Å²) in [5, 5.41) is 5.21. The van der Waals surface area contributed by atoms with E-state index in [2.05, 4.69) is 264 Å². The molecule has 2 fully saturated rings. The highest BCUT2D eigenvalue weighted by Crippen LogP contribution is 2.44. The van der Waals surface area contributed by atoms with Crippen LogP contribution >= 0.6 is 22.7 Å². The number of rotatable bonds is 9. The fraction of sp³-hybridized carbons (Fsp3) is 0.200. The molecule has 10 aromatic carbocycles. The predicted octanol–water partition coefficient (Wildman–Crippen LogP) is 20.4. The van der Waals surface area contributed by atoms with E-state index in [-0.39, 0.29) is 35.6 Å². The van der Waals surface area contributed by atoms with E-state index in [1.54, 1.807) is 0 Å². The molecule has 0 radical (unpaired) electrons. The van der Waals surface area contributed by atoms with Crippen LogP contribution in [0.5, 0.6) is 0 Å². The quantitative estimate of drug-likeness (QED) is 0.135. The van der Waals surface area contributed by atoms with Gasteiger partial charge in [-0.15, -0.1) is 22.7 Å². The normalized spacial score (nSPS) is 15.8. The van der Waals surface area contributed by atoms with Crippen LogP contribution in [0.1, 0.15) is 69.2 Å². The van der Waals surface area contributed by atoms with Gasteiger partial charge in [-0.3, -0.25) is 0 Å². The fourth-order valence-corrected chi connectivity index (χ4v) is 13.6. The van der Waals surface area contributed by atoms with E-state index in [0.29, 0.717) is 0 Å². The van der Waals surface area contributed by atoms with Crippen LogP contribution in [0.15, 0.2) is 237 Å². The van der Waals surface area contributed by atoms with E-state index in [1.807, 2.05) is 64.2 Å². The summed E-state index contributed by atoms with van der Waals surface area (Å²) in [5.74, 6) is 0. The molecule has 2 aromatic heterocycles. The molecule has 2 aliphatic rings. The largest absolute Gasteiger partial charge is 0.640 e. The third-order valence-electron chi connectivity index (χ3n) is 17.1. The van der Waals surface area contributed by atoms with Gasteiger partial charge >= 0.3 is 14.4 Å². The van der Waals surface area contributed by atoms with Gasteiger partial charge in [-0.1, -0.05) is 218 Å². The Kier molecular flexibility index (Phi) is 15.8. The van der Waals surface area contributed by atoms with Crippen molar-refractivity contribution in [2.24, 2.45) is 0 Å². The molecule has 0 unspecified atom stereocenters. The molecule has 9 heteroatoms. The van der Waals surface area contributed by atoms with Crippen molar-refractivity contribution in [3.63, 3.8) is 0 Å². The Balaban J connectivity index is 0.000000139. The van der Waals surface area contributed by atoms with Crippen LogP contribution in [0.25, 0.3) is 107 Å². The van der Waals surface area contributed by atoms with Crippen LogP contribution in [0.4, 0.5) is 0 Å². The van der Waals surface area contributed by atoms with Crippen LogP contribution in [0.3, 0.4) is 0 Å². The molecule has 0 saturated carbocycles. The zero-order valence-electron chi connectivity index (χ0n) is 49.6. The molecule has 5 nitrogen and oxygen atoms in total. The minimum Gasteiger partial charge on any atom is -0.399 e. The highest BCUT2D eigenvalue weighted by Gasteiger charge is 2.54. The molecule has 2 aliphatic heterocycles. The summed E-state index contributed by atoms with van der Waals surface area (Å²) in [4.78, 5) is 0. The zero-order valence-corrected chi connectivity index (χ0v) is 51.2. The van der Waals surface area contributed by atoms with Crippen molar-refractivity contribution in [2.75, 3.05) is 0 Å². The molecule has 418 valence electrons. The molecule has 2 saturated heterocycles. The second-order valence-corrected chi connectivity index (χ2v) is 26.2. The SMILES string of the molecule is CC(C)OB1OC(C)(C)C(C)(C)O1.CC1(C)OB(c2cccc3c2sc2c(-c4cccc(-c5ccc(-c6ccccc6)cc5)c4)cccc23)OC1(C)C.c1ccc(-c2ccc(-c3cccc(-c4cccc5c4sc4ccccc45)c3)cc2)cc1.